The number of hydrogen-bond acceptors (Lipinski definition) is 5. The van der Waals surface area contributed by atoms with Gasteiger partial charge in [-0.3, -0.25) is 4.79 Å². The lowest BCUT2D eigenvalue weighted by atomic mass is 10.3. The normalized spacial score (nSPS) is 12.9. The van der Waals surface area contributed by atoms with Crippen molar-refractivity contribution in [2.24, 2.45) is 0 Å². The molecule has 9 heteroatoms. The summed E-state index contributed by atoms with van der Waals surface area (Å²) in [5, 5.41) is 2.63. The van der Waals surface area contributed by atoms with Crippen molar-refractivity contribution in [1.29, 1.82) is 0 Å². The number of rotatable bonds is 9. The van der Waals surface area contributed by atoms with Crippen molar-refractivity contribution < 1.29 is 27.1 Å². The predicted molar refractivity (Wildman–Crippen MR) is 86.9 cm³/mol. The molecule has 0 aliphatic carbocycles. The van der Waals surface area contributed by atoms with Gasteiger partial charge in [-0.1, -0.05) is 6.92 Å². The van der Waals surface area contributed by atoms with Crippen molar-refractivity contribution >= 4 is 15.9 Å². The third kappa shape index (κ3) is 5.15. The van der Waals surface area contributed by atoms with Crippen LogP contribution in [-0.2, 0) is 19.6 Å². The highest BCUT2D eigenvalue weighted by Crippen LogP contribution is 2.27. The second-order valence-corrected chi connectivity index (χ2v) is 7.06. The second-order valence-electron chi connectivity index (χ2n) is 5.15. The average Bonchev–Trinajstić information content (AvgIpc) is 2.52. The highest BCUT2D eigenvalue weighted by Gasteiger charge is 2.29. The van der Waals surface area contributed by atoms with E-state index in [4.69, 9.17) is 9.47 Å². The maximum absolute atomic E-state index is 13.5. The molecule has 0 aliphatic heterocycles. The fourth-order valence-corrected chi connectivity index (χ4v) is 3.70. The maximum atomic E-state index is 13.5. The van der Waals surface area contributed by atoms with E-state index in [0.717, 1.165) is 16.4 Å². The van der Waals surface area contributed by atoms with Crippen LogP contribution in [0.1, 0.15) is 13.8 Å². The molecule has 0 bridgehead atoms. The molecule has 0 aromatic heterocycles. The molecule has 0 radical (unpaired) electrons. The van der Waals surface area contributed by atoms with Crippen LogP contribution in [0, 0.1) is 5.82 Å². The highest BCUT2D eigenvalue weighted by molar-refractivity contribution is 7.89. The molecule has 0 fully saturated rings. The Kier molecular flexibility index (Phi) is 7.59. The summed E-state index contributed by atoms with van der Waals surface area (Å²) in [6.07, 6.45) is 0. The van der Waals surface area contributed by atoms with Gasteiger partial charge in [0.15, 0.2) is 0 Å². The number of amides is 1. The Bertz CT molecular complexity index is 666. The molecule has 136 valence electrons. The van der Waals surface area contributed by atoms with Gasteiger partial charge in [0.2, 0.25) is 15.9 Å². The molecule has 0 aliphatic rings. The number of hydrogen-bond donors (Lipinski definition) is 1. The molecule has 1 aromatic rings. The van der Waals surface area contributed by atoms with Gasteiger partial charge in [-0.05, 0) is 25.1 Å². The number of carbonyl (C=O) groups is 1. The van der Waals surface area contributed by atoms with E-state index in [1.165, 1.54) is 20.3 Å². The summed E-state index contributed by atoms with van der Waals surface area (Å²) in [6, 6.07) is 2.96. The van der Waals surface area contributed by atoms with E-state index >= 15 is 0 Å². The van der Waals surface area contributed by atoms with Crippen LogP contribution in [-0.4, -0.2) is 58.6 Å². The van der Waals surface area contributed by atoms with Crippen molar-refractivity contribution in [3.05, 3.63) is 24.0 Å². The quantitative estimate of drug-likeness (QED) is 0.708. The maximum Gasteiger partial charge on any atom is 0.247 e. The third-order valence-electron chi connectivity index (χ3n) is 3.24. The Hall–Kier alpha value is -1.71. The van der Waals surface area contributed by atoms with E-state index < -0.39 is 21.7 Å². The molecule has 0 saturated carbocycles. The minimum Gasteiger partial charge on any atom is -0.495 e. The number of likely N-dealkylation sites (N-methyl/N-ethyl adjacent to an activating group) is 1. The van der Waals surface area contributed by atoms with Crippen LogP contribution in [0.3, 0.4) is 0 Å². The summed E-state index contributed by atoms with van der Waals surface area (Å²) in [7, 11) is -1.29. The Morgan fingerprint density at radius 3 is 2.58 bits per heavy atom. The van der Waals surface area contributed by atoms with Crippen LogP contribution < -0.4 is 10.1 Å². The average molecular weight is 362 g/mol. The number of carbonyl (C=O) groups excluding carboxylic acids is 1. The first kappa shape index (κ1) is 20.3. The molecule has 0 heterocycles. The van der Waals surface area contributed by atoms with Gasteiger partial charge < -0.3 is 14.8 Å². The number of methoxy groups -OCH3 is 2. The summed E-state index contributed by atoms with van der Waals surface area (Å²) < 4.78 is 49.8. The summed E-state index contributed by atoms with van der Waals surface area (Å²) >= 11 is 0. The molecule has 0 unspecified atom stereocenters. The van der Waals surface area contributed by atoms with E-state index in [9.17, 15) is 17.6 Å². The van der Waals surface area contributed by atoms with Crippen LogP contribution in [0.5, 0.6) is 5.75 Å². The van der Waals surface area contributed by atoms with Crippen molar-refractivity contribution in [2.45, 2.75) is 24.8 Å². The number of benzene rings is 1. The lowest BCUT2D eigenvalue weighted by Gasteiger charge is -2.22. The van der Waals surface area contributed by atoms with Crippen molar-refractivity contribution in [2.75, 3.05) is 33.9 Å². The number of sulfonamides is 1. The van der Waals surface area contributed by atoms with Crippen LogP contribution in [0.4, 0.5) is 4.39 Å². The van der Waals surface area contributed by atoms with Gasteiger partial charge in [-0.15, -0.1) is 0 Å². The molecule has 1 rings (SSSR count). The first-order valence-electron chi connectivity index (χ1n) is 7.38. The zero-order valence-electron chi connectivity index (χ0n) is 14.2. The standard InChI is InChI=1S/C15H23FN2O5S/c1-5-18(9-15(19)17-11(2)10-22-3)24(20,21)14-8-12(16)6-7-13(14)23-4/h6-8,11H,5,9-10H2,1-4H3,(H,17,19)/t11-/m1/s1. The fourth-order valence-electron chi connectivity index (χ4n) is 2.13. The Balaban J connectivity index is 3.02. The summed E-state index contributed by atoms with van der Waals surface area (Å²) in [5.74, 6) is -1.16. The molecule has 1 atom stereocenters. The molecule has 24 heavy (non-hydrogen) atoms. The second kappa shape index (κ2) is 8.95. The summed E-state index contributed by atoms with van der Waals surface area (Å²) in [5.41, 5.74) is 0. The lowest BCUT2D eigenvalue weighted by molar-refractivity contribution is -0.122. The molecule has 7 nitrogen and oxygen atoms in total. The minimum absolute atomic E-state index is 0.0167. The van der Waals surface area contributed by atoms with Gasteiger partial charge in [0.1, 0.15) is 16.5 Å². The number of ether oxygens (including phenoxy) is 2. The van der Waals surface area contributed by atoms with Gasteiger partial charge >= 0.3 is 0 Å². The fraction of sp³-hybridized carbons (Fsp3) is 0.533. The Morgan fingerprint density at radius 2 is 2.04 bits per heavy atom. The summed E-state index contributed by atoms with van der Waals surface area (Å²) in [6.45, 7) is 3.31. The van der Waals surface area contributed by atoms with Crippen LogP contribution in [0.2, 0.25) is 0 Å². The third-order valence-corrected chi connectivity index (χ3v) is 5.18. The molecular weight excluding hydrogens is 339 g/mol. The first-order chi connectivity index (χ1) is 11.3. The van der Waals surface area contributed by atoms with E-state index in [0.29, 0.717) is 6.61 Å². The van der Waals surface area contributed by atoms with E-state index in [-0.39, 0.29) is 29.8 Å². The predicted octanol–water partition coefficient (Wildman–Crippen LogP) is 0.996. The number of nitrogens with one attached hydrogen (secondary N) is 1. The van der Waals surface area contributed by atoms with Crippen molar-refractivity contribution in [3.8, 4) is 5.75 Å². The molecule has 0 saturated heterocycles. The van der Waals surface area contributed by atoms with E-state index in [1.807, 2.05) is 0 Å². The minimum atomic E-state index is -4.08. The lowest BCUT2D eigenvalue weighted by Crippen LogP contribution is -2.44. The van der Waals surface area contributed by atoms with Crippen LogP contribution >= 0.6 is 0 Å². The van der Waals surface area contributed by atoms with E-state index in [1.54, 1.807) is 13.8 Å². The van der Waals surface area contributed by atoms with E-state index in [2.05, 4.69) is 5.32 Å². The molecule has 1 aromatic carbocycles. The SMILES string of the molecule is CCN(CC(=O)N[C@H](C)COC)S(=O)(=O)c1cc(F)ccc1OC. The zero-order valence-corrected chi connectivity index (χ0v) is 15.0. The van der Waals surface area contributed by atoms with Crippen molar-refractivity contribution in [1.82, 2.24) is 9.62 Å². The van der Waals surface area contributed by atoms with Crippen molar-refractivity contribution in [3.63, 3.8) is 0 Å². The zero-order chi connectivity index (χ0) is 18.3. The summed E-state index contributed by atoms with van der Waals surface area (Å²) in [4.78, 5) is 11.7. The molecule has 1 amide bonds. The molecule has 0 spiro atoms. The molecular formula is C15H23FN2O5S. The van der Waals surface area contributed by atoms with Gasteiger partial charge in [0.25, 0.3) is 0 Å². The topological polar surface area (TPSA) is 84.9 Å². The van der Waals surface area contributed by atoms with Gasteiger partial charge in [-0.2, -0.15) is 4.31 Å². The number of nitrogens with zero attached hydrogens (tertiary/aromatic N) is 1. The van der Waals surface area contributed by atoms with Gasteiger partial charge in [-0.25, -0.2) is 12.8 Å². The Labute approximate surface area is 141 Å². The van der Waals surface area contributed by atoms with Gasteiger partial charge in [0, 0.05) is 19.7 Å². The first-order valence-corrected chi connectivity index (χ1v) is 8.82. The largest absolute Gasteiger partial charge is 0.495 e. The van der Waals surface area contributed by atoms with Crippen LogP contribution in [0.25, 0.3) is 0 Å². The van der Waals surface area contributed by atoms with Crippen LogP contribution in [0.15, 0.2) is 23.1 Å². The van der Waals surface area contributed by atoms with Gasteiger partial charge in [0.05, 0.1) is 20.3 Å². The number of halogens is 1. The Morgan fingerprint density at radius 1 is 1.38 bits per heavy atom. The highest BCUT2D eigenvalue weighted by atomic mass is 32.2. The molecule has 1 N–H and O–H groups in total. The smallest absolute Gasteiger partial charge is 0.247 e. The monoisotopic (exact) mass is 362 g/mol.